The minimum absolute atomic E-state index is 0.125. The fraction of sp³-hybridized carbons (Fsp3) is 0.357. The van der Waals surface area contributed by atoms with Crippen LogP contribution in [0.1, 0.15) is 28.8 Å². The van der Waals surface area contributed by atoms with E-state index in [0.29, 0.717) is 18.5 Å². The molecule has 4 N–H and O–H groups in total. The Morgan fingerprint density at radius 1 is 1.20 bits per heavy atom. The first-order chi connectivity index (χ1) is 9.66. The molecular weight excluding hydrogens is 258 g/mol. The van der Waals surface area contributed by atoms with Crippen LogP contribution < -0.4 is 11.1 Å². The quantitative estimate of drug-likeness (QED) is 0.664. The van der Waals surface area contributed by atoms with Gasteiger partial charge in [0.25, 0.3) is 5.91 Å². The summed E-state index contributed by atoms with van der Waals surface area (Å²) in [4.78, 5) is 36.6. The van der Waals surface area contributed by atoms with Crippen LogP contribution in [-0.4, -0.2) is 35.7 Å². The van der Waals surface area contributed by atoms with Crippen molar-refractivity contribution < 1.29 is 20.1 Å². The molecule has 1 aromatic rings. The molecule has 6 nitrogen and oxygen atoms in total. The maximum atomic E-state index is 12.2. The number of amides is 3. The number of carbonyl (C=O) groups is 3. The summed E-state index contributed by atoms with van der Waals surface area (Å²) in [5, 5.41) is 2.28. The Kier molecular flexibility index (Phi) is 4.14. The van der Waals surface area contributed by atoms with Crippen molar-refractivity contribution in [2.75, 3.05) is 7.05 Å². The van der Waals surface area contributed by atoms with E-state index in [0.717, 1.165) is 5.56 Å². The molecule has 1 unspecified atom stereocenters. The fourth-order valence-corrected chi connectivity index (χ4v) is 2.51. The Balaban J connectivity index is 0.000000704. The Morgan fingerprint density at radius 3 is 2.55 bits per heavy atom. The lowest BCUT2D eigenvalue weighted by atomic mass is 10.0. The lowest BCUT2D eigenvalue weighted by Crippen LogP contribution is -2.52. The molecule has 1 aromatic carbocycles. The highest BCUT2D eigenvalue weighted by Gasteiger charge is 2.38. The minimum Gasteiger partial charge on any atom is -0.360 e. The first-order valence-electron chi connectivity index (χ1n) is 6.60. The molecule has 0 aliphatic carbocycles. The van der Waals surface area contributed by atoms with Crippen molar-refractivity contribution in [3.63, 3.8) is 0 Å². The molecule has 0 spiro atoms. The topological polar surface area (TPSA) is 94.1 Å². The van der Waals surface area contributed by atoms with E-state index >= 15 is 0 Å². The summed E-state index contributed by atoms with van der Waals surface area (Å²) in [5.41, 5.74) is 4.84. The van der Waals surface area contributed by atoms with Gasteiger partial charge in [-0.25, -0.2) is 0 Å². The molecule has 3 amide bonds. The van der Waals surface area contributed by atoms with E-state index in [4.69, 9.17) is 0 Å². The van der Waals surface area contributed by atoms with Crippen LogP contribution in [0.3, 0.4) is 0 Å². The summed E-state index contributed by atoms with van der Waals surface area (Å²) in [5.74, 6) is -0.757. The Bertz CT molecular complexity index is 556. The van der Waals surface area contributed by atoms with Gasteiger partial charge in [0.05, 0.1) is 7.05 Å². The van der Waals surface area contributed by atoms with E-state index in [2.05, 4.69) is 11.1 Å². The Labute approximate surface area is 116 Å². The number of quaternary nitrogens is 1. The lowest BCUT2D eigenvalue weighted by Gasteiger charge is -2.29. The van der Waals surface area contributed by atoms with Crippen molar-refractivity contribution in [2.24, 2.45) is 0 Å². The fourth-order valence-electron chi connectivity index (χ4n) is 2.51. The summed E-state index contributed by atoms with van der Waals surface area (Å²) >= 11 is 0. The third-order valence-electron chi connectivity index (χ3n) is 3.44. The van der Waals surface area contributed by atoms with Crippen molar-refractivity contribution >= 4 is 17.7 Å². The van der Waals surface area contributed by atoms with E-state index in [1.807, 2.05) is 18.2 Å². The van der Waals surface area contributed by atoms with Crippen LogP contribution in [0.15, 0.2) is 24.3 Å². The van der Waals surface area contributed by atoms with E-state index in [1.54, 1.807) is 18.0 Å². The van der Waals surface area contributed by atoms with Crippen molar-refractivity contribution in [1.82, 2.24) is 10.2 Å². The third-order valence-corrected chi connectivity index (χ3v) is 3.44. The Hall–Kier alpha value is -2.21. The van der Waals surface area contributed by atoms with Crippen LogP contribution in [-0.2, 0) is 16.1 Å². The molecule has 2 heterocycles. The third kappa shape index (κ3) is 2.42. The van der Waals surface area contributed by atoms with Crippen LogP contribution in [0.2, 0.25) is 0 Å². The number of benzene rings is 1. The number of imide groups is 1. The van der Waals surface area contributed by atoms with Gasteiger partial charge in [0.2, 0.25) is 11.8 Å². The molecule has 2 aliphatic rings. The lowest BCUT2D eigenvalue weighted by molar-refractivity contribution is -0.325. The molecule has 0 aromatic heterocycles. The normalized spacial score (nSPS) is 21.0. The van der Waals surface area contributed by atoms with Gasteiger partial charge in [0.1, 0.15) is 6.04 Å². The number of hydrogen-bond donors (Lipinski definition) is 2. The van der Waals surface area contributed by atoms with Crippen molar-refractivity contribution in [1.29, 1.82) is 0 Å². The van der Waals surface area contributed by atoms with Gasteiger partial charge >= 0.3 is 0 Å². The highest BCUT2D eigenvalue weighted by molar-refractivity contribution is 6.05. The maximum absolute atomic E-state index is 12.2. The van der Waals surface area contributed by atoms with Gasteiger partial charge in [-0.15, -0.1) is 0 Å². The number of nitrogens with zero attached hydrogens (tertiary/aromatic N) is 1. The smallest absolute Gasteiger partial charge is 0.255 e. The highest BCUT2D eigenvalue weighted by Crippen LogP contribution is 2.26. The summed E-state index contributed by atoms with van der Waals surface area (Å²) in [6, 6.07) is 6.82. The van der Waals surface area contributed by atoms with Gasteiger partial charge in [-0.05, 0) is 18.1 Å². The molecule has 6 heteroatoms. The van der Waals surface area contributed by atoms with E-state index in [1.165, 1.54) is 0 Å². The maximum Gasteiger partial charge on any atom is 0.255 e. The highest BCUT2D eigenvalue weighted by atomic mass is 16.2. The van der Waals surface area contributed by atoms with Gasteiger partial charge in [0, 0.05) is 18.5 Å². The van der Waals surface area contributed by atoms with Gasteiger partial charge in [-0.2, -0.15) is 0 Å². The van der Waals surface area contributed by atoms with E-state index in [9.17, 15) is 14.4 Å². The number of nitrogens with one attached hydrogen (secondary N) is 1. The molecule has 1 atom stereocenters. The molecule has 106 valence electrons. The zero-order valence-electron chi connectivity index (χ0n) is 11.4. The molecule has 3 rings (SSSR count). The summed E-state index contributed by atoms with van der Waals surface area (Å²) in [6.07, 6.45) is 0.695. The molecule has 1 fully saturated rings. The molecule has 2 aliphatic heterocycles. The monoisotopic (exact) mass is 276 g/mol. The van der Waals surface area contributed by atoms with Crippen molar-refractivity contribution in [2.45, 2.75) is 25.4 Å². The van der Waals surface area contributed by atoms with Crippen molar-refractivity contribution in [3.8, 4) is 0 Å². The first-order valence-corrected chi connectivity index (χ1v) is 6.60. The van der Waals surface area contributed by atoms with Crippen LogP contribution in [0.4, 0.5) is 0 Å². The van der Waals surface area contributed by atoms with E-state index in [-0.39, 0.29) is 24.1 Å². The predicted octanol–water partition coefficient (Wildman–Crippen LogP) is -0.694. The van der Waals surface area contributed by atoms with Crippen LogP contribution in [0.25, 0.3) is 0 Å². The van der Waals surface area contributed by atoms with Gasteiger partial charge in [0.15, 0.2) is 0 Å². The first kappa shape index (κ1) is 14.2. The summed E-state index contributed by atoms with van der Waals surface area (Å²) < 4.78 is 0. The largest absolute Gasteiger partial charge is 0.360 e. The van der Waals surface area contributed by atoms with Crippen LogP contribution >= 0.6 is 0 Å². The number of hydrogen-bond acceptors (Lipinski definition) is 3. The van der Waals surface area contributed by atoms with Gasteiger partial charge in [-0.1, -0.05) is 18.2 Å². The van der Waals surface area contributed by atoms with Crippen LogP contribution in [0, 0.1) is 0 Å². The average molecular weight is 276 g/mol. The van der Waals surface area contributed by atoms with Gasteiger partial charge in [-0.3, -0.25) is 19.7 Å². The minimum atomic E-state index is -0.525. The standard InChI is InChI=1S/C13H12N2O3.CH5N/c16-11-6-5-10(12(17)14-11)15-7-8-3-1-2-4-9(8)13(15)18;1-2/h1-4,10H,5-7H2,(H,14,16,17);2H2,1H3/p+1. The molecule has 0 saturated carbocycles. The number of fused-ring (bicyclic) bond motifs is 1. The zero-order chi connectivity index (χ0) is 14.7. The zero-order valence-corrected chi connectivity index (χ0v) is 11.4. The summed E-state index contributed by atoms with van der Waals surface area (Å²) in [6.45, 7) is 0.446. The molecular formula is C14H18N3O3+. The molecule has 0 bridgehead atoms. The second-order valence-electron chi connectivity index (χ2n) is 4.56. The predicted molar refractivity (Wildman–Crippen MR) is 71.3 cm³/mol. The average Bonchev–Trinajstić information content (AvgIpc) is 2.79. The molecule has 20 heavy (non-hydrogen) atoms. The van der Waals surface area contributed by atoms with Gasteiger partial charge < -0.3 is 10.6 Å². The van der Waals surface area contributed by atoms with E-state index < -0.39 is 6.04 Å². The molecule has 1 saturated heterocycles. The number of rotatable bonds is 1. The number of carbonyl (C=O) groups excluding carboxylic acids is 3. The van der Waals surface area contributed by atoms with Crippen LogP contribution in [0.5, 0.6) is 0 Å². The Morgan fingerprint density at radius 2 is 1.90 bits per heavy atom. The van der Waals surface area contributed by atoms with Crippen molar-refractivity contribution in [3.05, 3.63) is 35.4 Å². The number of piperidine rings is 1. The second kappa shape index (κ2) is 5.83. The summed E-state index contributed by atoms with van der Waals surface area (Å²) in [7, 11) is 1.75. The SMILES string of the molecule is C[NH3+].O=C1CCC(N2Cc3ccccc3C2=O)C(=O)N1. The molecule has 0 radical (unpaired) electrons. The second-order valence-corrected chi connectivity index (χ2v) is 4.56.